The fourth-order valence-electron chi connectivity index (χ4n) is 3.01. The zero-order valence-corrected chi connectivity index (χ0v) is 16.6. The van der Waals surface area contributed by atoms with E-state index in [0.29, 0.717) is 19.8 Å². The SMILES string of the molecule is CCO[Si](CCCN=C1CCCCN(CC)C1)(OCC)OCC. The van der Waals surface area contributed by atoms with Crippen LogP contribution in [0, 0.1) is 0 Å². The summed E-state index contributed by atoms with van der Waals surface area (Å²) in [7, 11) is -2.49. The highest BCUT2D eigenvalue weighted by molar-refractivity contribution is 6.60. The van der Waals surface area contributed by atoms with Crippen molar-refractivity contribution in [2.24, 2.45) is 4.99 Å². The molecule has 5 nitrogen and oxygen atoms in total. The first kappa shape index (κ1) is 20.8. The van der Waals surface area contributed by atoms with E-state index in [1.807, 2.05) is 20.8 Å². The maximum absolute atomic E-state index is 5.89. The number of aliphatic imine (C=N–C) groups is 1. The molecule has 23 heavy (non-hydrogen) atoms. The molecule has 0 saturated carbocycles. The molecule has 0 bridgehead atoms. The van der Waals surface area contributed by atoms with Crippen LogP contribution >= 0.6 is 0 Å². The highest BCUT2D eigenvalue weighted by Crippen LogP contribution is 2.18. The summed E-state index contributed by atoms with van der Waals surface area (Å²) in [4.78, 5) is 7.35. The first-order chi connectivity index (χ1) is 11.2. The van der Waals surface area contributed by atoms with Crippen LogP contribution in [0.15, 0.2) is 4.99 Å². The van der Waals surface area contributed by atoms with Crippen LogP contribution in [0.25, 0.3) is 0 Å². The molecule has 6 heteroatoms. The van der Waals surface area contributed by atoms with Crippen LogP contribution in [0.4, 0.5) is 0 Å². The third-order valence-electron chi connectivity index (χ3n) is 4.11. The second-order valence-corrected chi connectivity index (χ2v) is 8.59. The average Bonchev–Trinajstić information content (AvgIpc) is 2.77. The smallest absolute Gasteiger partial charge is 0.374 e. The zero-order valence-electron chi connectivity index (χ0n) is 15.6. The lowest BCUT2D eigenvalue weighted by Gasteiger charge is -2.28. The standard InChI is InChI=1S/C17H36N2O3Si/c1-5-19-14-10-9-12-17(16-19)18-13-11-15-23(20-6-2,21-7-3)22-8-4/h5-16H2,1-4H3. The predicted molar refractivity (Wildman–Crippen MR) is 98.3 cm³/mol. The van der Waals surface area contributed by atoms with Crippen molar-refractivity contribution in [3.05, 3.63) is 0 Å². The second-order valence-electron chi connectivity index (χ2n) is 5.86. The highest BCUT2D eigenvalue weighted by atomic mass is 28.4. The molecule has 1 aliphatic rings. The van der Waals surface area contributed by atoms with Gasteiger partial charge in [0, 0.05) is 44.7 Å². The normalized spacial score (nSPS) is 19.2. The molecule has 1 heterocycles. The maximum atomic E-state index is 5.89. The number of hydrogen-bond donors (Lipinski definition) is 0. The second kappa shape index (κ2) is 12.1. The number of likely N-dealkylation sites (tertiary alicyclic amines) is 1. The molecule has 1 rings (SSSR count). The minimum atomic E-state index is -2.49. The van der Waals surface area contributed by atoms with E-state index in [0.717, 1.165) is 38.5 Å². The van der Waals surface area contributed by atoms with Gasteiger partial charge in [-0.25, -0.2) is 0 Å². The van der Waals surface area contributed by atoms with Gasteiger partial charge in [0.25, 0.3) is 0 Å². The molecule has 0 N–H and O–H groups in total. The lowest BCUT2D eigenvalue weighted by atomic mass is 10.2. The Morgan fingerprint density at radius 1 is 1.00 bits per heavy atom. The summed E-state index contributed by atoms with van der Waals surface area (Å²) >= 11 is 0. The molecule has 0 aromatic carbocycles. The Morgan fingerprint density at radius 3 is 2.22 bits per heavy atom. The van der Waals surface area contributed by atoms with Gasteiger partial charge in [-0.1, -0.05) is 6.92 Å². The van der Waals surface area contributed by atoms with Crippen LogP contribution in [-0.4, -0.2) is 65.4 Å². The number of hydrogen-bond acceptors (Lipinski definition) is 5. The van der Waals surface area contributed by atoms with Gasteiger partial charge in [0.2, 0.25) is 0 Å². The van der Waals surface area contributed by atoms with Crippen molar-refractivity contribution in [2.45, 2.75) is 59.4 Å². The van der Waals surface area contributed by atoms with Crippen LogP contribution in [0.5, 0.6) is 0 Å². The Labute approximate surface area is 143 Å². The summed E-state index contributed by atoms with van der Waals surface area (Å²) < 4.78 is 17.7. The topological polar surface area (TPSA) is 43.3 Å². The number of nitrogens with zero attached hydrogens (tertiary/aromatic N) is 2. The van der Waals surface area contributed by atoms with Gasteiger partial charge in [0.05, 0.1) is 0 Å². The molecule has 1 fully saturated rings. The Bertz CT molecular complexity index is 323. The van der Waals surface area contributed by atoms with E-state index in [1.54, 1.807) is 0 Å². The first-order valence-corrected chi connectivity index (χ1v) is 11.3. The van der Waals surface area contributed by atoms with E-state index < -0.39 is 8.80 Å². The minimum absolute atomic E-state index is 0.645. The molecule has 0 aliphatic carbocycles. The van der Waals surface area contributed by atoms with Gasteiger partial charge >= 0.3 is 8.80 Å². The van der Waals surface area contributed by atoms with E-state index in [1.165, 1.54) is 25.1 Å². The Balaban J connectivity index is 2.49. The average molecular weight is 345 g/mol. The van der Waals surface area contributed by atoms with Crippen molar-refractivity contribution in [1.29, 1.82) is 0 Å². The summed E-state index contributed by atoms with van der Waals surface area (Å²) in [6.07, 6.45) is 4.69. The van der Waals surface area contributed by atoms with E-state index in [2.05, 4.69) is 11.8 Å². The first-order valence-electron chi connectivity index (χ1n) is 9.36. The van der Waals surface area contributed by atoms with E-state index in [9.17, 15) is 0 Å². The maximum Gasteiger partial charge on any atom is 0.500 e. The Morgan fingerprint density at radius 2 is 1.65 bits per heavy atom. The van der Waals surface area contributed by atoms with Gasteiger partial charge in [-0.2, -0.15) is 0 Å². The van der Waals surface area contributed by atoms with Crippen LogP contribution in [0.3, 0.4) is 0 Å². The quantitative estimate of drug-likeness (QED) is 0.426. The summed E-state index contributed by atoms with van der Waals surface area (Å²) in [5.41, 5.74) is 1.36. The fourth-order valence-corrected chi connectivity index (χ4v) is 5.61. The van der Waals surface area contributed by atoms with Crippen molar-refractivity contribution in [3.63, 3.8) is 0 Å². The molecule has 0 atom stereocenters. The zero-order chi connectivity index (χ0) is 17.0. The van der Waals surface area contributed by atoms with Gasteiger partial charge in [-0.3, -0.25) is 9.89 Å². The van der Waals surface area contributed by atoms with Crippen LogP contribution in [0.2, 0.25) is 6.04 Å². The molecule has 0 aromatic heterocycles. The number of rotatable bonds is 11. The van der Waals surface area contributed by atoms with Gasteiger partial charge in [-0.05, 0) is 59.5 Å². The lowest BCUT2D eigenvalue weighted by molar-refractivity contribution is 0.0710. The molecule has 1 aliphatic heterocycles. The molecule has 0 radical (unpaired) electrons. The van der Waals surface area contributed by atoms with Crippen LogP contribution < -0.4 is 0 Å². The lowest BCUT2D eigenvalue weighted by Crippen LogP contribution is -2.46. The fraction of sp³-hybridized carbons (Fsp3) is 0.941. The summed E-state index contributed by atoms with van der Waals surface area (Å²) in [6.45, 7) is 14.4. The molecule has 0 unspecified atom stereocenters. The van der Waals surface area contributed by atoms with E-state index in [-0.39, 0.29) is 0 Å². The van der Waals surface area contributed by atoms with Crippen molar-refractivity contribution in [2.75, 3.05) is 46.0 Å². The van der Waals surface area contributed by atoms with E-state index in [4.69, 9.17) is 18.3 Å². The third-order valence-corrected chi connectivity index (χ3v) is 7.26. The van der Waals surface area contributed by atoms with Gasteiger partial charge in [0.15, 0.2) is 0 Å². The molecule has 0 aromatic rings. The molecule has 0 spiro atoms. The van der Waals surface area contributed by atoms with Crippen molar-refractivity contribution < 1.29 is 13.3 Å². The van der Waals surface area contributed by atoms with Crippen LogP contribution in [0.1, 0.15) is 53.4 Å². The molecule has 0 amide bonds. The van der Waals surface area contributed by atoms with Crippen molar-refractivity contribution in [3.8, 4) is 0 Å². The predicted octanol–water partition coefficient (Wildman–Crippen LogP) is 3.37. The molecular weight excluding hydrogens is 308 g/mol. The van der Waals surface area contributed by atoms with Crippen molar-refractivity contribution >= 4 is 14.5 Å². The molecule has 1 saturated heterocycles. The van der Waals surface area contributed by atoms with E-state index >= 15 is 0 Å². The summed E-state index contributed by atoms with van der Waals surface area (Å²) in [5, 5.41) is 0. The van der Waals surface area contributed by atoms with Crippen molar-refractivity contribution in [1.82, 2.24) is 4.90 Å². The minimum Gasteiger partial charge on any atom is -0.374 e. The largest absolute Gasteiger partial charge is 0.500 e. The molecular formula is C17H36N2O3Si. The van der Waals surface area contributed by atoms with Gasteiger partial charge < -0.3 is 13.3 Å². The monoisotopic (exact) mass is 344 g/mol. The summed E-state index contributed by atoms with van der Waals surface area (Å²) in [6, 6.07) is 0.858. The summed E-state index contributed by atoms with van der Waals surface area (Å²) in [5.74, 6) is 0. The Kier molecular flexibility index (Phi) is 11.0. The Hall–Kier alpha value is -0.273. The van der Waals surface area contributed by atoms with Gasteiger partial charge in [0.1, 0.15) is 0 Å². The van der Waals surface area contributed by atoms with Gasteiger partial charge in [-0.15, -0.1) is 0 Å². The highest BCUT2D eigenvalue weighted by Gasteiger charge is 2.39. The van der Waals surface area contributed by atoms with Crippen LogP contribution in [-0.2, 0) is 13.3 Å². The molecule has 136 valence electrons. The third kappa shape index (κ3) is 7.89.